The van der Waals surface area contributed by atoms with Gasteiger partial charge in [0.05, 0.1) is 5.69 Å². The molecule has 0 spiro atoms. The summed E-state index contributed by atoms with van der Waals surface area (Å²) in [4.78, 5) is 2.47. The molecule has 11 rings (SSSR count). The van der Waals surface area contributed by atoms with Crippen LogP contribution in [0.4, 0.5) is 17.1 Å². The molecule has 2 nitrogen and oxygen atoms in total. The largest absolute Gasteiger partial charge is 0.456 e. The lowest BCUT2D eigenvalue weighted by molar-refractivity contribution is 0.660. The fourth-order valence-corrected chi connectivity index (χ4v) is 9.82. The zero-order chi connectivity index (χ0) is 34.6. The molecule has 0 atom stereocenters. The van der Waals surface area contributed by atoms with Crippen molar-refractivity contribution in [3.8, 4) is 22.3 Å². The molecular formula is C49H33NOS. The van der Waals surface area contributed by atoms with Crippen LogP contribution in [0, 0.1) is 0 Å². The summed E-state index contributed by atoms with van der Waals surface area (Å²) in [6.45, 7) is 4.71. The van der Waals surface area contributed by atoms with E-state index < -0.39 is 0 Å². The number of hydrogen-bond acceptors (Lipinski definition) is 3. The Hall–Kier alpha value is -6.16. The Morgan fingerprint density at radius 1 is 0.500 bits per heavy atom. The van der Waals surface area contributed by atoms with Crippen LogP contribution in [-0.2, 0) is 5.41 Å². The number of hydrogen-bond donors (Lipinski definition) is 0. The summed E-state index contributed by atoms with van der Waals surface area (Å²) in [5, 5.41) is 7.37. The van der Waals surface area contributed by atoms with E-state index in [1.54, 1.807) is 0 Å². The van der Waals surface area contributed by atoms with Crippen LogP contribution in [-0.4, -0.2) is 0 Å². The van der Waals surface area contributed by atoms with Crippen LogP contribution in [0.1, 0.15) is 25.0 Å². The summed E-state index contributed by atoms with van der Waals surface area (Å²) in [6.07, 6.45) is 0. The highest BCUT2D eigenvalue weighted by Crippen LogP contribution is 2.54. The van der Waals surface area contributed by atoms with Gasteiger partial charge in [0.15, 0.2) is 0 Å². The number of anilines is 3. The molecule has 0 fully saturated rings. The highest BCUT2D eigenvalue weighted by Gasteiger charge is 2.37. The predicted octanol–water partition coefficient (Wildman–Crippen LogP) is 14.6. The fourth-order valence-electron chi connectivity index (χ4n) is 8.74. The van der Waals surface area contributed by atoms with Gasteiger partial charge < -0.3 is 9.32 Å². The Balaban J connectivity index is 1.08. The van der Waals surface area contributed by atoms with Crippen LogP contribution in [0.25, 0.3) is 75.1 Å². The van der Waals surface area contributed by atoms with E-state index in [-0.39, 0.29) is 5.41 Å². The summed E-state index contributed by atoms with van der Waals surface area (Å²) in [6, 6.07) is 60.0. The first-order valence-electron chi connectivity index (χ1n) is 17.9. The molecule has 0 aliphatic heterocycles. The third-order valence-corrected chi connectivity index (χ3v) is 12.4. The van der Waals surface area contributed by atoms with Crippen molar-refractivity contribution in [1.29, 1.82) is 0 Å². The van der Waals surface area contributed by atoms with Gasteiger partial charge >= 0.3 is 0 Å². The molecular weight excluding hydrogens is 651 g/mol. The van der Waals surface area contributed by atoms with E-state index in [2.05, 4.69) is 170 Å². The van der Waals surface area contributed by atoms with Crippen molar-refractivity contribution < 1.29 is 4.42 Å². The van der Waals surface area contributed by atoms with Crippen LogP contribution in [0.3, 0.4) is 0 Å². The van der Waals surface area contributed by atoms with Gasteiger partial charge in [-0.1, -0.05) is 117 Å². The smallest absolute Gasteiger partial charge is 0.136 e. The van der Waals surface area contributed by atoms with Gasteiger partial charge in [0.2, 0.25) is 0 Å². The van der Waals surface area contributed by atoms with Crippen molar-refractivity contribution in [2.24, 2.45) is 0 Å². The number of furan rings is 1. The number of benzene rings is 8. The normalized spacial score (nSPS) is 13.3. The standard InChI is InChI=1S/C49H33NOS/c1-49(2)40-13-6-3-11-37(40)48-41(49)14-9-15-42(48)50(34-24-27-46-39(29-34)36-10-5-8-17-45(36)52-46)33-22-18-30(19-23-33)31-20-25-35-32(28-31)21-26-44-47(35)38-12-4-7-16-43(38)51-44/h3-29H,1-2H3. The van der Waals surface area contributed by atoms with Gasteiger partial charge in [-0.25, -0.2) is 0 Å². The first-order chi connectivity index (χ1) is 25.5. The first-order valence-corrected chi connectivity index (χ1v) is 18.7. The van der Waals surface area contributed by atoms with Gasteiger partial charge in [-0.05, 0) is 99.3 Å². The minimum Gasteiger partial charge on any atom is -0.456 e. The van der Waals surface area contributed by atoms with E-state index in [9.17, 15) is 0 Å². The highest BCUT2D eigenvalue weighted by atomic mass is 32.1. The zero-order valence-electron chi connectivity index (χ0n) is 28.9. The summed E-state index contributed by atoms with van der Waals surface area (Å²) in [5.74, 6) is 0. The van der Waals surface area contributed by atoms with E-state index >= 15 is 0 Å². The Labute approximate surface area is 305 Å². The Bertz CT molecular complexity index is 3050. The zero-order valence-corrected chi connectivity index (χ0v) is 29.7. The number of fused-ring (bicyclic) bond motifs is 11. The number of thiophene rings is 1. The maximum absolute atomic E-state index is 6.18. The summed E-state index contributed by atoms with van der Waals surface area (Å²) >= 11 is 1.86. The number of nitrogens with zero attached hydrogens (tertiary/aromatic N) is 1. The molecule has 2 heterocycles. The van der Waals surface area contributed by atoms with Crippen molar-refractivity contribution in [1.82, 2.24) is 0 Å². The van der Waals surface area contributed by atoms with E-state index in [0.29, 0.717) is 0 Å². The molecule has 1 aliphatic carbocycles. The van der Waals surface area contributed by atoms with Crippen LogP contribution in [0.5, 0.6) is 0 Å². The molecule has 2 aromatic heterocycles. The van der Waals surface area contributed by atoms with Crippen molar-refractivity contribution >= 4 is 81.3 Å². The predicted molar refractivity (Wildman–Crippen MR) is 222 cm³/mol. The van der Waals surface area contributed by atoms with Gasteiger partial charge in [0, 0.05) is 53.3 Å². The van der Waals surface area contributed by atoms with Crippen molar-refractivity contribution in [2.45, 2.75) is 19.3 Å². The van der Waals surface area contributed by atoms with E-state index in [1.807, 2.05) is 23.5 Å². The monoisotopic (exact) mass is 683 g/mol. The molecule has 8 aromatic carbocycles. The van der Waals surface area contributed by atoms with Crippen molar-refractivity contribution in [3.63, 3.8) is 0 Å². The van der Waals surface area contributed by atoms with Gasteiger partial charge in [0.25, 0.3) is 0 Å². The van der Waals surface area contributed by atoms with Crippen LogP contribution >= 0.6 is 11.3 Å². The average Bonchev–Trinajstić information content (AvgIpc) is 3.83. The summed E-state index contributed by atoms with van der Waals surface area (Å²) in [5.41, 5.74) is 13.0. The highest BCUT2D eigenvalue weighted by molar-refractivity contribution is 7.25. The van der Waals surface area contributed by atoms with Crippen LogP contribution in [0.15, 0.2) is 168 Å². The Morgan fingerprint density at radius 2 is 1.23 bits per heavy atom. The molecule has 3 heteroatoms. The minimum atomic E-state index is -0.0879. The van der Waals surface area contributed by atoms with Gasteiger partial charge in [0.1, 0.15) is 11.2 Å². The molecule has 0 bridgehead atoms. The quantitative estimate of drug-likeness (QED) is 0.184. The van der Waals surface area contributed by atoms with Crippen molar-refractivity contribution in [3.05, 3.63) is 175 Å². The van der Waals surface area contributed by atoms with Gasteiger partial charge in [-0.2, -0.15) is 0 Å². The molecule has 0 saturated carbocycles. The lowest BCUT2D eigenvalue weighted by Gasteiger charge is -2.29. The molecule has 0 unspecified atom stereocenters. The molecule has 52 heavy (non-hydrogen) atoms. The summed E-state index contributed by atoms with van der Waals surface area (Å²) < 4.78 is 8.80. The maximum Gasteiger partial charge on any atom is 0.136 e. The molecule has 0 N–H and O–H groups in total. The third-order valence-electron chi connectivity index (χ3n) is 11.3. The number of rotatable bonds is 4. The van der Waals surface area contributed by atoms with Crippen LogP contribution < -0.4 is 4.90 Å². The van der Waals surface area contributed by atoms with Gasteiger partial charge in [-0.3, -0.25) is 0 Å². The lowest BCUT2D eigenvalue weighted by atomic mass is 9.82. The Kier molecular flexibility index (Phi) is 6.21. The van der Waals surface area contributed by atoms with E-state index in [4.69, 9.17) is 4.42 Å². The molecule has 10 aromatic rings. The molecule has 0 radical (unpaired) electrons. The third kappa shape index (κ3) is 4.23. The maximum atomic E-state index is 6.18. The van der Waals surface area contributed by atoms with E-state index in [1.165, 1.54) is 75.4 Å². The molecule has 246 valence electrons. The van der Waals surface area contributed by atoms with Crippen molar-refractivity contribution in [2.75, 3.05) is 4.90 Å². The molecule has 0 saturated heterocycles. The molecule has 1 aliphatic rings. The first kappa shape index (κ1) is 29.6. The Morgan fingerprint density at radius 3 is 2.13 bits per heavy atom. The summed E-state index contributed by atoms with van der Waals surface area (Å²) in [7, 11) is 0. The second-order valence-corrected chi connectivity index (χ2v) is 15.6. The SMILES string of the molecule is CC1(C)c2ccccc2-c2c(N(c3ccc(-c4ccc5c(ccc6oc7ccccc7c65)c4)cc3)c3ccc4sc5ccccc5c4c3)cccc21. The second kappa shape index (κ2) is 10.9. The van der Waals surface area contributed by atoms with Crippen LogP contribution in [0.2, 0.25) is 0 Å². The second-order valence-electron chi connectivity index (χ2n) is 14.5. The molecule has 0 amide bonds. The number of para-hydroxylation sites is 1. The average molecular weight is 684 g/mol. The minimum absolute atomic E-state index is 0.0879. The fraction of sp³-hybridized carbons (Fsp3) is 0.0612. The lowest BCUT2D eigenvalue weighted by Crippen LogP contribution is -2.16. The topological polar surface area (TPSA) is 16.4 Å². The van der Waals surface area contributed by atoms with E-state index in [0.717, 1.165) is 27.9 Å². The van der Waals surface area contributed by atoms with Gasteiger partial charge in [-0.15, -0.1) is 11.3 Å².